The zero-order valence-electron chi connectivity index (χ0n) is 15.5. The predicted molar refractivity (Wildman–Crippen MR) is 95.7 cm³/mol. The molecule has 2 atom stereocenters. The summed E-state index contributed by atoms with van der Waals surface area (Å²) in [5.41, 5.74) is 1.59. The first-order chi connectivity index (χ1) is 11.1. The Morgan fingerprint density at radius 1 is 0.792 bits per heavy atom. The van der Waals surface area contributed by atoms with Crippen LogP contribution in [0.4, 0.5) is 0 Å². The van der Waals surface area contributed by atoms with Crippen LogP contribution in [0.1, 0.15) is 52.9 Å². The summed E-state index contributed by atoms with van der Waals surface area (Å²) in [6.45, 7) is 14.3. The molecule has 3 heterocycles. The van der Waals surface area contributed by atoms with Gasteiger partial charge in [0, 0.05) is 10.8 Å². The topological polar surface area (TPSA) is 56.1 Å². The Labute approximate surface area is 144 Å². The first-order valence-corrected chi connectivity index (χ1v) is 8.54. The van der Waals surface area contributed by atoms with E-state index in [1.165, 1.54) is 0 Å². The summed E-state index contributed by atoms with van der Waals surface area (Å²) in [6.07, 6.45) is 0.173. The minimum absolute atomic E-state index is 0.0570. The molecule has 3 rings (SSSR count). The summed E-state index contributed by atoms with van der Waals surface area (Å²) < 4.78 is 12.0. The molecule has 0 N–H and O–H groups in total. The van der Waals surface area contributed by atoms with Crippen LogP contribution in [-0.4, -0.2) is 42.1 Å². The molecule has 0 spiro atoms. The van der Waals surface area contributed by atoms with Gasteiger partial charge in [-0.05, 0) is 12.1 Å². The van der Waals surface area contributed by atoms with Crippen molar-refractivity contribution in [1.82, 2.24) is 4.98 Å². The summed E-state index contributed by atoms with van der Waals surface area (Å²) in [4.78, 5) is 13.7. The van der Waals surface area contributed by atoms with Crippen molar-refractivity contribution in [3.05, 3.63) is 29.6 Å². The lowest BCUT2D eigenvalue weighted by atomic mass is 9.89. The second-order valence-corrected chi connectivity index (χ2v) is 8.64. The summed E-state index contributed by atoms with van der Waals surface area (Å²) >= 11 is 0. The summed E-state index contributed by atoms with van der Waals surface area (Å²) in [7, 11) is 0. The van der Waals surface area contributed by atoms with Crippen LogP contribution in [-0.2, 0) is 9.47 Å². The van der Waals surface area contributed by atoms with Gasteiger partial charge in [-0.1, -0.05) is 47.6 Å². The van der Waals surface area contributed by atoms with Gasteiger partial charge in [-0.15, -0.1) is 0 Å². The van der Waals surface area contributed by atoms with Crippen molar-refractivity contribution in [3.8, 4) is 0 Å². The molecule has 5 heteroatoms. The molecule has 24 heavy (non-hydrogen) atoms. The predicted octanol–water partition coefficient (Wildman–Crippen LogP) is 3.46. The molecule has 130 valence electrons. The van der Waals surface area contributed by atoms with Crippen molar-refractivity contribution in [2.45, 2.75) is 53.8 Å². The molecule has 2 aliphatic rings. The Hall–Kier alpha value is -1.91. The largest absolute Gasteiger partial charge is 0.471 e. The molecule has 1 aromatic rings. The third-order valence-corrected chi connectivity index (χ3v) is 4.43. The standard InChI is InChI=1S/C19H27N3O2/c1-18(2,3)14-10-20-16(23-14)12-8-7-9-13(22-12)17-21-11-15(24-17)19(4,5)6/h7-9,14-15H,10-11H2,1-6H3/t14-,15-/m0/s1. The molecule has 0 fully saturated rings. The van der Waals surface area contributed by atoms with Gasteiger partial charge in [0.2, 0.25) is 11.8 Å². The number of hydrogen-bond acceptors (Lipinski definition) is 5. The van der Waals surface area contributed by atoms with E-state index >= 15 is 0 Å². The number of nitrogens with zero attached hydrogens (tertiary/aromatic N) is 3. The summed E-state index contributed by atoms with van der Waals surface area (Å²) in [5, 5.41) is 0. The van der Waals surface area contributed by atoms with Crippen LogP contribution in [0.25, 0.3) is 0 Å². The van der Waals surface area contributed by atoms with Crippen LogP contribution in [0.15, 0.2) is 28.2 Å². The van der Waals surface area contributed by atoms with E-state index < -0.39 is 0 Å². The zero-order valence-corrected chi connectivity index (χ0v) is 15.5. The number of ether oxygens (including phenoxy) is 2. The molecular weight excluding hydrogens is 302 g/mol. The van der Waals surface area contributed by atoms with Gasteiger partial charge < -0.3 is 9.47 Å². The Morgan fingerprint density at radius 2 is 1.21 bits per heavy atom. The molecule has 5 nitrogen and oxygen atoms in total. The van der Waals surface area contributed by atoms with Crippen molar-refractivity contribution in [1.29, 1.82) is 0 Å². The molecule has 0 amide bonds. The normalized spacial score (nSPS) is 24.2. The monoisotopic (exact) mass is 329 g/mol. The highest BCUT2D eigenvalue weighted by Crippen LogP contribution is 2.28. The van der Waals surface area contributed by atoms with Crippen molar-refractivity contribution >= 4 is 11.8 Å². The van der Waals surface area contributed by atoms with Crippen LogP contribution in [0.5, 0.6) is 0 Å². The minimum Gasteiger partial charge on any atom is -0.471 e. The van der Waals surface area contributed by atoms with Crippen LogP contribution in [0, 0.1) is 10.8 Å². The fourth-order valence-electron chi connectivity index (χ4n) is 2.61. The fourth-order valence-corrected chi connectivity index (χ4v) is 2.61. The fraction of sp³-hybridized carbons (Fsp3) is 0.632. The first kappa shape index (κ1) is 16.9. The molecule has 2 aliphatic heterocycles. The summed E-state index contributed by atoms with van der Waals surface area (Å²) in [6, 6.07) is 5.79. The molecule has 0 saturated heterocycles. The second-order valence-electron chi connectivity index (χ2n) is 8.64. The first-order valence-electron chi connectivity index (χ1n) is 8.54. The highest BCUT2D eigenvalue weighted by Gasteiger charge is 2.34. The molecular formula is C19H27N3O2. The van der Waals surface area contributed by atoms with E-state index in [9.17, 15) is 0 Å². The molecule has 0 aliphatic carbocycles. The van der Waals surface area contributed by atoms with Crippen molar-refractivity contribution < 1.29 is 9.47 Å². The van der Waals surface area contributed by atoms with Gasteiger partial charge in [0.1, 0.15) is 23.6 Å². The molecule has 0 saturated carbocycles. The molecule has 0 bridgehead atoms. The van der Waals surface area contributed by atoms with Crippen LogP contribution in [0.2, 0.25) is 0 Å². The van der Waals surface area contributed by atoms with E-state index in [4.69, 9.17) is 9.47 Å². The van der Waals surface area contributed by atoms with E-state index in [0.717, 1.165) is 11.4 Å². The van der Waals surface area contributed by atoms with Gasteiger partial charge >= 0.3 is 0 Å². The van der Waals surface area contributed by atoms with Crippen molar-refractivity contribution in [3.63, 3.8) is 0 Å². The van der Waals surface area contributed by atoms with E-state index in [1.807, 2.05) is 18.2 Å². The van der Waals surface area contributed by atoms with Crippen molar-refractivity contribution in [2.75, 3.05) is 13.1 Å². The quantitative estimate of drug-likeness (QED) is 0.835. The van der Waals surface area contributed by atoms with E-state index in [2.05, 4.69) is 56.5 Å². The smallest absolute Gasteiger partial charge is 0.235 e. The Bertz CT molecular complexity index is 625. The SMILES string of the molecule is CC(C)(C)[C@@H]1CN=C(c2cccc(C3=NC[C@@H](C(C)(C)C)O3)n2)O1. The maximum absolute atomic E-state index is 6.01. The average Bonchev–Trinajstić information content (AvgIpc) is 3.16. The van der Waals surface area contributed by atoms with E-state index in [-0.39, 0.29) is 23.0 Å². The third kappa shape index (κ3) is 3.45. The number of aliphatic imine (C=N–C) groups is 2. The van der Waals surface area contributed by atoms with E-state index in [0.29, 0.717) is 24.9 Å². The third-order valence-electron chi connectivity index (χ3n) is 4.43. The molecule has 1 aromatic heterocycles. The lowest BCUT2D eigenvalue weighted by Crippen LogP contribution is -2.30. The van der Waals surface area contributed by atoms with Crippen LogP contribution < -0.4 is 0 Å². The van der Waals surface area contributed by atoms with Gasteiger partial charge in [0.15, 0.2) is 0 Å². The van der Waals surface area contributed by atoms with Gasteiger partial charge in [0.05, 0.1) is 13.1 Å². The van der Waals surface area contributed by atoms with E-state index in [1.54, 1.807) is 0 Å². The average molecular weight is 329 g/mol. The zero-order chi connectivity index (χ0) is 17.5. The number of hydrogen-bond donors (Lipinski definition) is 0. The van der Waals surface area contributed by atoms with Crippen molar-refractivity contribution in [2.24, 2.45) is 20.8 Å². The number of pyridine rings is 1. The lowest BCUT2D eigenvalue weighted by molar-refractivity contribution is 0.102. The molecule has 0 unspecified atom stereocenters. The van der Waals surface area contributed by atoms with Gasteiger partial charge in [-0.2, -0.15) is 0 Å². The second kappa shape index (κ2) is 5.87. The Morgan fingerprint density at radius 3 is 1.54 bits per heavy atom. The molecule has 0 aromatic carbocycles. The highest BCUT2D eigenvalue weighted by atomic mass is 16.5. The van der Waals surface area contributed by atoms with Gasteiger partial charge in [-0.25, -0.2) is 15.0 Å². The van der Waals surface area contributed by atoms with Gasteiger partial charge in [-0.3, -0.25) is 0 Å². The highest BCUT2D eigenvalue weighted by molar-refractivity contribution is 5.97. The molecule has 0 radical (unpaired) electrons. The van der Waals surface area contributed by atoms with Gasteiger partial charge in [0.25, 0.3) is 0 Å². The lowest BCUT2D eigenvalue weighted by Gasteiger charge is -2.26. The Balaban J connectivity index is 1.75. The summed E-state index contributed by atoms with van der Waals surface area (Å²) in [5.74, 6) is 1.23. The number of aromatic nitrogens is 1. The Kier molecular flexibility index (Phi) is 4.14. The van der Waals surface area contributed by atoms with Crippen LogP contribution >= 0.6 is 0 Å². The number of rotatable bonds is 2. The minimum atomic E-state index is 0.0570. The maximum Gasteiger partial charge on any atom is 0.235 e. The maximum atomic E-state index is 6.01. The van der Waals surface area contributed by atoms with Crippen LogP contribution in [0.3, 0.4) is 0 Å².